The average molecular weight is 405 g/mol. The quantitative estimate of drug-likeness (QED) is 0.517. The molecule has 163 valence electrons. The van der Waals surface area contributed by atoms with E-state index in [0.717, 1.165) is 24.3 Å². The van der Waals surface area contributed by atoms with Gasteiger partial charge in [0.15, 0.2) is 11.6 Å². The number of benzene rings is 1. The van der Waals surface area contributed by atoms with Gasteiger partial charge >= 0.3 is 0 Å². The van der Waals surface area contributed by atoms with Crippen molar-refractivity contribution in [3.63, 3.8) is 0 Å². The second-order valence-corrected chi connectivity index (χ2v) is 10.7. The lowest BCUT2D eigenvalue weighted by molar-refractivity contribution is -0.289. The van der Waals surface area contributed by atoms with E-state index in [1.54, 1.807) is 12.1 Å². The molecule has 1 radical (unpaired) electrons. The zero-order chi connectivity index (χ0) is 21.2. The molecule has 29 heavy (non-hydrogen) atoms. The van der Waals surface area contributed by atoms with Gasteiger partial charge in [0.25, 0.3) is 0 Å². The number of ether oxygens (including phenoxy) is 1. The molecule has 3 nitrogen and oxygen atoms in total. The Labute approximate surface area is 176 Å². The normalized spacial score (nSPS) is 27.7. The topological polar surface area (TPSA) is 32.4 Å². The van der Waals surface area contributed by atoms with Gasteiger partial charge in [-0.05, 0) is 88.8 Å². The van der Waals surface area contributed by atoms with Gasteiger partial charge in [-0.2, -0.15) is 0 Å². The number of hydroxylamine groups is 2. The molecule has 0 amide bonds. The second kappa shape index (κ2) is 8.93. The van der Waals surface area contributed by atoms with E-state index in [1.165, 1.54) is 43.6 Å². The van der Waals surface area contributed by atoms with Crippen molar-refractivity contribution in [3.8, 4) is 5.75 Å². The average Bonchev–Trinajstić information content (AvgIpc) is 2.66. The Morgan fingerprint density at radius 2 is 1.62 bits per heavy atom. The highest BCUT2D eigenvalue weighted by Crippen LogP contribution is 2.45. The fourth-order valence-electron chi connectivity index (χ4n) is 5.69. The van der Waals surface area contributed by atoms with Crippen LogP contribution in [0.5, 0.6) is 5.75 Å². The standard InChI is InChI=1S/C25H39FNO2/c1-6-7-18-8-10-19(11-9-18)17-29-23-13-12-20(14-22(23)26)21-15-24(2,3)27(28)25(4,5)16-21/h12-14,18-19,21H,6-11,15-17H2,1-5H3. The molecule has 1 saturated heterocycles. The summed E-state index contributed by atoms with van der Waals surface area (Å²) in [6, 6.07) is 5.41. The minimum absolute atomic E-state index is 0.183. The summed E-state index contributed by atoms with van der Waals surface area (Å²) in [7, 11) is 0. The maximum Gasteiger partial charge on any atom is 0.165 e. The molecule has 4 heteroatoms. The van der Waals surface area contributed by atoms with Crippen LogP contribution in [0.1, 0.15) is 97.5 Å². The first-order chi connectivity index (χ1) is 13.6. The van der Waals surface area contributed by atoms with Crippen LogP contribution in [0.2, 0.25) is 0 Å². The number of rotatable bonds is 6. The van der Waals surface area contributed by atoms with E-state index < -0.39 is 11.1 Å². The summed E-state index contributed by atoms with van der Waals surface area (Å²) in [5.41, 5.74) is 0.0766. The predicted molar refractivity (Wildman–Crippen MR) is 115 cm³/mol. The number of hydrogen-bond acceptors (Lipinski definition) is 2. The highest BCUT2D eigenvalue weighted by molar-refractivity contribution is 5.32. The van der Waals surface area contributed by atoms with Crippen molar-refractivity contribution in [1.82, 2.24) is 5.06 Å². The minimum Gasteiger partial charge on any atom is -0.490 e. The molecule has 0 aromatic heterocycles. The molecule has 3 rings (SSSR count). The van der Waals surface area contributed by atoms with E-state index in [9.17, 15) is 9.60 Å². The van der Waals surface area contributed by atoms with Gasteiger partial charge in [-0.15, -0.1) is 10.3 Å². The molecule has 1 aliphatic carbocycles. The molecule has 1 heterocycles. The van der Waals surface area contributed by atoms with Gasteiger partial charge in [0.1, 0.15) is 0 Å². The van der Waals surface area contributed by atoms with Crippen molar-refractivity contribution in [2.24, 2.45) is 11.8 Å². The fourth-order valence-corrected chi connectivity index (χ4v) is 5.69. The molecule has 1 aliphatic heterocycles. The first-order valence-electron chi connectivity index (χ1n) is 11.5. The molecule has 0 bridgehead atoms. The number of hydrogen-bond donors (Lipinski definition) is 0. The first kappa shape index (κ1) is 22.6. The van der Waals surface area contributed by atoms with Crippen molar-refractivity contribution in [3.05, 3.63) is 29.6 Å². The van der Waals surface area contributed by atoms with Gasteiger partial charge in [0.2, 0.25) is 0 Å². The Morgan fingerprint density at radius 3 is 2.17 bits per heavy atom. The van der Waals surface area contributed by atoms with Crippen molar-refractivity contribution in [2.75, 3.05) is 6.61 Å². The number of piperidine rings is 1. The molecule has 2 aliphatic rings. The monoisotopic (exact) mass is 404 g/mol. The summed E-state index contributed by atoms with van der Waals surface area (Å²) in [4.78, 5) is 0. The third-order valence-corrected chi connectivity index (χ3v) is 7.16. The first-order valence-corrected chi connectivity index (χ1v) is 11.5. The van der Waals surface area contributed by atoms with Crippen LogP contribution in [0.4, 0.5) is 4.39 Å². The molecular weight excluding hydrogens is 365 g/mol. The van der Waals surface area contributed by atoms with E-state index in [2.05, 4.69) is 6.92 Å². The lowest BCUT2D eigenvalue weighted by Crippen LogP contribution is -2.57. The summed E-state index contributed by atoms with van der Waals surface area (Å²) in [5.74, 6) is 1.70. The molecule has 0 spiro atoms. The van der Waals surface area contributed by atoms with Crippen molar-refractivity contribution >= 4 is 0 Å². The maximum absolute atomic E-state index is 14.8. The number of nitrogens with zero attached hydrogens (tertiary/aromatic N) is 1. The predicted octanol–water partition coefficient (Wildman–Crippen LogP) is 6.89. The summed E-state index contributed by atoms with van der Waals surface area (Å²) in [5, 5.41) is 13.8. The van der Waals surface area contributed by atoms with Gasteiger partial charge in [-0.25, -0.2) is 4.39 Å². The highest BCUT2D eigenvalue weighted by Gasteiger charge is 2.46. The number of halogens is 1. The van der Waals surface area contributed by atoms with Crippen LogP contribution in [0.15, 0.2) is 18.2 Å². The van der Waals surface area contributed by atoms with Gasteiger partial charge < -0.3 is 4.74 Å². The van der Waals surface area contributed by atoms with E-state index in [-0.39, 0.29) is 11.7 Å². The smallest absolute Gasteiger partial charge is 0.165 e. The molecule has 0 N–H and O–H groups in total. The van der Waals surface area contributed by atoms with Crippen LogP contribution in [0.25, 0.3) is 0 Å². The van der Waals surface area contributed by atoms with Crippen molar-refractivity contribution in [2.45, 2.75) is 103 Å². The Morgan fingerprint density at radius 1 is 1.03 bits per heavy atom. The van der Waals surface area contributed by atoms with Crippen LogP contribution in [0, 0.1) is 17.7 Å². The van der Waals surface area contributed by atoms with Crippen LogP contribution in [-0.2, 0) is 5.21 Å². The van der Waals surface area contributed by atoms with E-state index in [0.29, 0.717) is 18.3 Å². The molecule has 2 fully saturated rings. The van der Waals surface area contributed by atoms with Crippen molar-refractivity contribution < 1.29 is 14.3 Å². The largest absolute Gasteiger partial charge is 0.490 e. The van der Waals surface area contributed by atoms with Gasteiger partial charge in [-0.1, -0.05) is 38.7 Å². The molecule has 1 saturated carbocycles. The van der Waals surface area contributed by atoms with Crippen molar-refractivity contribution in [1.29, 1.82) is 0 Å². The Kier molecular flexibility index (Phi) is 6.95. The summed E-state index contributed by atoms with van der Waals surface area (Å²) >= 11 is 0. The summed E-state index contributed by atoms with van der Waals surface area (Å²) in [6.07, 6.45) is 9.04. The zero-order valence-electron chi connectivity index (χ0n) is 19.0. The highest BCUT2D eigenvalue weighted by atomic mass is 19.1. The SMILES string of the molecule is CCCC1CCC(COc2ccc(C3CC(C)(C)N([O])C(C)(C)C3)cc2F)CC1. The summed E-state index contributed by atoms with van der Waals surface area (Å²) in [6.45, 7) is 10.8. The van der Waals surface area contributed by atoms with Crippen LogP contribution in [0.3, 0.4) is 0 Å². The maximum atomic E-state index is 14.8. The van der Waals surface area contributed by atoms with Gasteiger partial charge in [0, 0.05) is 11.1 Å². The fraction of sp³-hybridized carbons (Fsp3) is 0.760. The third-order valence-electron chi connectivity index (χ3n) is 7.16. The minimum atomic E-state index is -0.450. The zero-order valence-corrected chi connectivity index (χ0v) is 19.0. The molecule has 0 atom stereocenters. The van der Waals surface area contributed by atoms with E-state index in [4.69, 9.17) is 4.74 Å². The molecule has 0 unspecified atom stereocenters. The molecular formula is C25H39FNO2. The Bertz CT molecular complexity index is 661. The third kappa shape index (κ3) is 5.32. The molecule has 1 aromatic rings. The summed E-state index contributed by atoms with van der Waals surface area (Å²) < 4.78 is 20.7. The van der Waals surface area contributed by atoms with Gasteiger partial charge in [0.05, 0.1) is 6.61 Å². The molecule has 1 aromatic carbocycles. The van der Waals surface area contributed by atoms with Crippen LogP contribution in [-0.4, -0.2) is 22.7 Å². The van der Waals surface area contributed by atoms with Crippen LogP contribution >= 0.6 is 0 Å². The van der Waals surface area contributed by atoms with E-state index in [1.807, 2.05) is 33.8 Å². The lowest BCUT2D eigenvalue weighted by atomic mass is 9.73. The second-order valence-electron chi connectivity index (χ2n) is 10.7. The Hall–Kier alpha value is -1.13. The van der Waals surface area contributed by atoms with Crippen LogP contribution < -0.4 is 4.74 Å². The van der Waals surface area contributed by atoms with Gasteiger partial charge in [-0.3, -0.25) is 0 Å². The lowest BCUT2D eigenvalue weighted by Gasteiger charge is -2.50. The Balaban J connectivity index is 1.59. The van der Waals surface area contributed by atoms with E-state index >= 15 is 0 Å².